The third kappa shape index (κ3) is 0.696. The van der Waals surface area contributed by atoms with Crippen molar-refractivity contribution in [2.45, 2.75) is 12.5 Å². The SMILES string of the molecule is NC1CC(=O)NC1=O. The second kappa shape index (κ2) is 1.56. The topological polar surface area (TPSA) is 72.2 Å². The molecule has 4 heteroatoms. The molecular weight excluding hydrogens is 108 g/mol. The molecule has 4 nitrogen and oxygen atoms in total. The number of nitrogens with two attached hydrogens (primary N) is 1. The maximum atomic E-state index is 10.3. The highest BCUT2D eigenvalue weighted by molar-refractivity contribution is 6.05. The first kappa shape index (κ1) is 5.24. The molecule has 0 aromatic rings. The number of carbonyl (C=O) groups excluding carboxylic acids is 2. The van der Waals surface area contributed by atoms with Gasteiger partial charge in [0, 0.05) is 0 Å². The summed E-state index contributed by atoms with van der Waals surface area (Å²) in [6.07, 6.45) is 0.138. The van der Waals surface area contributed by atoms with Crippen molar-refractivity contribution < 1.29 is 9.59 Å². The molecular formula is C4H6N2O2. The van der Waals surface area contributed by atoms with Gasteiger partial charge in [0.15, 0.2) is 0 Å². The quantitative estimate of drug-likeness (QED) is 0.371. The largest absolute Gasteiger partial charge is 0.319 e. The van der Waals surface area contributed by atoms with Crippen LogP contribution < -0.4 is 11.1 Å². The van der Waals surface area contributed by atoms with Crippen molar-refractivity contribution in [2.75, 3.05) is 0 Å². The minimum absolute atomic E-state index is 0.138. The Labute approximate surface area is 46.0 Å². The van der Waals surface area contributed by atoms with Gasteiger partial charge in [-0.15, -0.1) is 0 Å². The fourth-order valence-electron chi connectivity index (χ4n) is 0.574. The smallest absolute Gasteiger partial charge is 0.243 e. The summed E-state index contributed by atoms with van der Waals surface area (Å²) in [5.41, 5.74) is 5.14. The average molecular weight is 114 g/mol. The fourth-order valence-corrected chi connectivity index (χ4v) is 0.574. The number of hydrogen-bond acceptors (Lipinski definition) is 3. The van der Waals surface area contributed by atoms with Crippen LogP contribution in [0.1, 0.15) is 6.42 Å². The van der Waals surface area contributed by atoms with Crippen molar-refractivity contribution in [3.63, 3.8) is 0 Å². The summed E-state index contributed by atoms with van der Waals surface area (Å²) in [6, 6.07) is -0.609. The third-order valence-electron chi connectivity index (χ3n) is 1.00. The lowest BCUT2D eigenvalue weighted by molar-refractivity contribution is -0.125. The molecule has 1 saturated heterocycles. The molecule has 1 atom stereocenters. The van der Waals surface area contributed by atoms with Crippen LogP contribution in [-0.2, 0) is 9.59 Å². The van der Waals surface area contributed by atoms with Gasteiger partial charge in [-0.25, -0.2) is 0 Å². The molecule has 0 saturated carbocycles. The summed E-state index contributed by atoms with van der Waals surface area (Å²) < 4.78 is 0. The highest BCUT2D eigenvalue weighted by Gasteiger charge is 2.26. The Morgan fingerprint density at radius 1 is 1.62 bits per heavy atom. The first-order valence-corrected chi connectivity index (χ1v) is 2.29. The number of imide groups is 1. The van der Waals surface area contributed by atoms with Crippen molar-refractivity contribution >= 4 is 11.8 Å². The van der Waals surface area contributed by atoms with Gasteiger partial charge in [-0.1, -0.05) is 0 Å². The number of carbonyl (C=O) groups is 2. The predicted octanol–water partition coefficient (Wildman–Crippen LogP) is -1.64. The highest BCUT2D eigenvalue weighted by Crippen LogP contribution is 1.95. The number of hydrogen-bond donors (Lipinski definition) is 2. The zero-order valence-electron chi connectivity index (χ0n) is 4.18. The third-order valence-corrected chi connectivity index (χ3v) is 1.00. The van der Waals surface area contributed by atoms with Gasteiger partial charge in [-0.05, 0) is 0 Å². The molecule has 1 heterocycles. The zero-order valence-corrected chi connectivity index (χ0v) is 4.18. The lowest BCUT2D eigenvalue weighted by atomic mass is 10.3. The Hall–Kier alpha value is -0.900. The molecule has 1 fully saturated rings. The van der Waals surface area contributed by atoms with Crippen LogP contribution in [0.2, 0.25) is 0 Å². The Bertz CT molecular complexity index is 143. The van der Waals surface area contributed by atoms with E-state index >= 15 is 0 Å². The van der Waals surface area contributed by atoms with E-state index in [4.69, 9.17) is 5.73 Å². The van der Waals surface area contributed by atoms with Gasteiger partial charge in [0.05, 0.1) is 12.5 Å². The van der Waals surface area contributed by atoms with E-state index in [0.717, 1.165) is 0 Å². The molecule has 0 radical (unpaired) electrons. The van der Waals surface area contributed by atoms with E-state index in [0.29, 0.717) is 0 Å². The van der Waals surface area contributed by atoms with Gasteiger partial charge in [-0.3, -0.25) is 14.9 Å². The maximum Gasteiger partial charge on any atom is 0.243 e. The summed E-state index contributed by atoms with van der Waals surface area (Å²) >= 11 is 0. The Balaban J connectivity index is 2.64. The monoisotopic (exact) mass is 114 g/mol. The van der Waals surface area contributed by atoms with Crippen molar-refractivity contribution in [2.24, 2.45) is 5.73 Å². The Morgan fingerprint density at radius 3 is 2.38 bits per heavy atom. The molecule has 1 aliphatic heterocycles. The van der Waals surface area contributed by atoms with E-state index in [2.05, 4.69) is 5.32 Å². The highest BCUT2D eigenvalue weighted by atomic mass is 16.2. The second-order valence-electron chi connectivity index (χ2n) is 1.72. The number of nitrogens with one attached hydrogen (secondary N) is 1. The van der Waals surface area contributed by atoms with Gasteiger partial charge in [0.2, 0.25) is 11.8 Å². The van der Waals surface area contributed by atoms with E-state index in [9.17, 15) is 9.59 Å². The summed E-state index contributed by atoms with van der Waals surface area (Å²) in [5.74, 6) is -0.641. The summed E-state index contributed by atoms with van der Waals surface area (Å²) in [4.78, 5) is 20.6. The molecule has 1 unspecified atom stereocenters. The number of rotatable bonds is 0. The van der Waals surface area contributed by atoms with E-state index in [1.807, 2.05) is 0 Å². The Kier molecular flexibility index (Phi) is 1.02. The molecule has 2 amide bonds. The standard InChI is InChI=1S/C4H6N2O2/c5-2-1-3(7)6-4(2)8/h2H,1,5H2,(H,6,7,8). The molecule has 1 aliphatic rings. The first-order valence-electron chi connectivity index (χ1n) is 2.29. The normalized spacial score (nSPS) is 28.4. The molecule has 0 aromatic carbocycles. The maximum absolute atomic E-state index is 10.3. The van der Waals surface area contributed by atoms with Crippen LogP contribution in [0.3, 0.4) is 0 Å². The van der Waals surface area contributed by atoms with Gasteiger partial charge in [0.1, 0.15) is 0 Å². The fraction of sp³-hybridized carbons (Fsp3) is 0.500. The number of amides is 2. The molecule has 44 valence electrons. The average Bonchev–Trinajstić information content (AvgIpc) is 1.85. The van der Waals surface area contributed by atoms with Gasteiger partial charge in [-0.2, -0.15) is 0 Å². The summed E-state index contributed by atoms with van der Waals surface area (Å²) in [6.45, 7) is 0. The molecule has 0 spiro atoms. The van der Waals surface area contributed by atoms with Crippen LogP contribution in [0.25, 0.3) is 0 Å². The van der Waals surface area contributed by atoms with E-state index in [1.54, 1.807) is 0 Å². The minimum atomic E-state index is -0.609. The van der Waals surface area contributed by atoms with Gasteiger partial charge >= 0.3 is 0 Å². The molecule has 8 heavy (non-hydrogen) atoms. The van der Waals surface area contributed by atoms with Crippen LogP contribution in [0, 0.1) is 0 Å². The summed E-state index contributed by atoms with van der Waals surface area (Å²) in [5, 5.41) is 2.06. The zero-order chi connectivity index (χ0) is 6.15. The minimum Gasteiger partial charge on any atom is -0.319 e. The Morgan fingerprint density at radius 2 is 2.25 bits per heavy atom. The van der Waals surface area contributed by atoms with E-state index < -0.39 is 6.04 Å². The predicted molar refractivity (Wildman–Crippen MR) is 25.7 cm³/mol. The van der Waals surface area contributed by atoms with Crippen molar-refractivity contribution in [3.05, 3.63) is 0 Å². The molecule has 0 aromatic heterocycles. The molecule has 1 rings (SSSR count). The van der Waals surface area contributed by atoms with Crippen LogP contribution in [0.5, 0.6) is 0 Å². The molecule has 0 aliphatic carbocycles. The lowest BCUT2D eigenvalue weighted by Gasteiger charge is -1.89. The summed E-state index contributed by atoms with van der Waals surface area (Å²) in [7, 11) is 0. The molecule has 3 N–H and O–H groups in total. The van der Waals surface area contributed by atoms with Crippen molar-refractivity contribution in [3.8, 4) is 0 Å². The van der Waals surface area contributed by atoms with Crippen LogP contribution in [0.15, 0.2) is 0 Å². The van der Waals surface area contributed by atoms with E-state index in [-0.39, 0.29) is 18.2 Å². The van der Waals surface area contributed by atoms with Crippen LogP contribution >= 0.6 is 0 Å². The van der Waals surface area contributed by atoms with Crippen LogP contribution in [-0.4, -0.2) is 17.9 Å². The van der Waals surface area contributed by atoms with E-state index in [1.165, 1.54) is 0 Å². The van der Waals surface area contributed by atoms with Crippen molar-refractivity contribution in [1.82, 2.24) is 5.32 Å². The van der Waals surface area contributed by atoms with Gasteiger partial charge in [0.25, 0.3) is 0 Å². The lowest BCUT2D eigenvalue weighted by Crippen LogP contribution is -2.30. The van der Waals surface area contributed by atoms with Crippen LogP contribution in [0.4, 0.5) is 0 Å². The first-order chi connectivity index (χ1) is 3.70. The molecule has 0 bridgehead atoms. The van der Waals surface area contributed by atoms with Crippen molar-refractivity contribution in [1.29, 1.82) is 0 Å². The second-order valence-corrected chi connectivity index (χ2v) is 1.72. The van der Waals surface area contributed by atoms with Gasteiger partial charge < -0.3 is 5.73 Å².